The van der Waals surface area contributed by atoms with Crippen molar-refractivity contribution in [3.8, 4) is 0 Å². The summed E-state index contributed by atoms with van der Waals surface area (Å²) in [5.41, 5.74) is 0.516. The number of sulfonamides is 1. The lowest BCUT2D eigenvalue weighted by molar-refractivity contribution is 0.600. The Bertz CT molecular complexity index is 575. The van der Waals surface area contributed by atoms with Gasteiger partial charge in [-0.25, -0.2) is 0 Å². The molecule has 2 rings (SSSR count). The van der Waals surface area contributed by atoms with Crippen molar-refractivity contribution in [1.82, 2.24) is 4.98 Å². The van der Waals surface area contributed by atoms with Crippen LogP contribution in [0, 0.1) is 0 Å². The number of thiophene rings is 1. The van der Waals surface area contributed by atoms with Gasteiger partial charge in [-0.3, -0.25) is 4.98 Å². The van der Waals surface area contributed by atoms with Gasteiger partial charge in [0.1, 0.15) is 4.21 Å². The largest absolute Gasteiger partial charge is 0.291 e. The van der Waals surface area contributed by atoms with E-state index in [0.717, 1.165) is 11.3 Å². The third kappa shape index (κ3) is 2.53. The number of rotatable bonds is 3. The standard InChI is InChI=1S/C10H8N2O2S2/c13-16(14,10-5-3-7-15-10)12-8-9-4-1-2-6-11-9/h1-8H/b12-8-. The maximum absolute atomic E-state index is 11.7. The van der Waals surface area contributed by atoms with Crippen LogP contribution in [0.4, 0.5) is 0 Å². The topological polar surface area (TPSA) is 59.4 Å². The quantitative estimate of drug-likeness (QED) is 0.784. The fourth-order valence-corrected chi connectivity index (χ4v) is 2.87. The molecule has 0 saturated carbocycles. The Labute approximate surface area is 97.4 Å². The molecule has 0 aliphatic carbocycles. The zero-order valence-corrected chi connectivity index (χ0v) is 9.78. The molecule has 0 spiro atoms. The van der Waals surface area contributed by atoms with E-state index in [1.165, 1.54) is 12.3 Å². The van der Waals surface area contributed by atoms with E-state index in [4.69, 9.17) is 0 Å². The monoisotopic (exact) mass is 252 g/mol. The van der Waals surface area contributed by atoms with Crippen LogP contribution in [0.1, 0.15) is 5.69 Å². The van der Waals surface area contributed by atoms with Crippen LogP contribution >= 0.6 is 11.3 Å². The maximum atomic E-state index is 11.7. The lowest BCUT2D eigenvalue weighted by atomic mass is 10.4. The number of pyridine rings is 1. The third-order valence-electron chi connectivity index (χ3n) is 1.76. The van der Waals surface area contributed by atoms with Crippen molar-refractivity contribution < 1.29 is 8.42 Å². The van der Waals surface area contributed by atoms with E-state index in [2.05, 4.69) is 9.38 Å². The van der Waals surface area contributed by atoms with Gasteiger partial charge in [0.15, 0.2) is 0 Å². The van der Waals surface area contributed by atoms with E-state index in [-0.39, 0.29) is 4.21 Å². The Hall–Kier alpha value is -1.53. The van der Waals surface area contributed by atoms with Crippen LogP contribution in [0.2, 0.25) is 0 Å². The number of hydrogen-bond acceptors (Lipinski definition) is 4. The van der Waals surface area contributed by atoms with Crippen LogP contribution in [0.3, 0.4) is 0 Å². The molecule has 0 atom stereocenters. The molecule has 16 heavy (non-hydrogen) atoms. The van der Waals surface area contributed by atoms with E-state index in [9.17, 15) is 8.42 Å². The summed E-state index contributed by atoms with van der Waals surface area (Å²) in [5.74, 6) is 0. The lowest BCUT2D eigenvalue weighted by Gasteiger charge is -1.93. The highest BCUT2D eigenvalue weighted by atomic mass is 32.2. The highest BCUT2D eigenvalue weighted by molar-refractivity contribution is 7.92. The van der Waals surface area contributed by atoms with E-state index in [1.54, 1.807) is 35.8 Å². The molecule has 2 aromatic heterocycles. The number of nitrogens with zero attached hydrogens (tertiary/aromatic N) is 2. The number of hydrogen-bond donors (Lipinski definition) is 0. The Kier molecular flexibility index (Phi) is 3.12. The first-order valence-electron chi connectivity index (χ1n) is 4.43. The molecule has 0 radical (unpaired) electrons. The minimum atomic E-state index is -3.57. The van der Waals surface area contributed by atoms with Crippen LogP contribution in [0.25, 0.3) is 0 Å². The Morgan fingerprint density at radius 1 is 1.25 bits per heavy atom. The van der Waals surface area contributed by atoms with E-state index >= 15 is 0 Å². The molecule has 2 aromatic rings. The summed E-state index contributed by atoms with van der Waals surface area (Å²) in [4.78, 5) is 3.95. The molecule has 0 aliphatic heterocycles. The highest BCUT2D eigenvalue weighted by Crippen LogP contribution is 2.17. The molecular formula is C10H8N2O2S2. The van der Waals surface area contributed by atoms with Gasteiger partial charge in [0.2, 0.25) is 0 Å². The van der Waals surface area contributed by atoms with E-state index in [0.29, 0.717) is 5.69 Å². The van der Waals surface area contributed by atoms with Gasteiger partial charge in [-0.05, 0) is 23.6 Å². The second kappa shape index (κ2) is 4.54. The molecule has 82 valence electrons. The molecule has 0 fully saturated rings. The molecule has 0 aliphatic rings. The van der Waals surface area contributed by atoms with Gasteiger partial charge in [-0.1, -0.05) is 12.1 Å². The zero-order chi connectivity index (χ0) is 11.4. The molecule has 0 bridgehead atoms. The van der Waals surface area contributed by atoms with Crippen molar-refractivity contribution in [2.24, 2.45) is 4.40 Å². The van der Waals surface area contributed by atoms with Crippen molar-refractivity contribution in [3.63, 3.8) is 0 Å². The maximum Gasteiger partial charge on any atom is 0.291 e. The summed E-state index contributed by atoms with van der Waals surface area (Å²) in [7, 11) is -3.57. The lowest BCUT2D eigenvalue weighted by Crippen LogP contribution is -1.95. The van der Waals surface area contributed by atoms with Gasteiger partial charge in [-0.2, -0.15) is 12.8 Å². The average molecular weight is 252 g/mol. The van der Waals surface area contributed by atoms with Gasteiger partial charge >= 0.3 is 0 Å². The second-order valence-corrected chi connectivity index (χ2v) is 5.70. The van der Waals surface area contributed by atoms with Crippen LogP contribution in [0.15, 0.2) is 50.5 Å². The average Bonchev–Trinajstić information content (AvgIpc) is 2.82. The summed E-state index contributed by atoms with van der Waals surface area (Å²) < 4.78 is 27.1. The van der Waals surface area contributed by atoms with E-state index in [1.807, 2.05) is 0 Å². The number of aromatic nitrogens is 1. The minimum absolute atomic E-state index is 0.236. The predicted molar refractivity (Wildman–Crippen MR) is 63.3 cm³/mol. The van der Waals surface area contributed by atoms with Crippen molar-refractivity contribution in [3.05, 3.63) is 47.6 Å². The van der Waals surface area contributed by atoms with Gasteiger partial charge in [-0.15, -0.1) is 11.3 Å². The zero-order valence-electron chi connectivity index (χ0n) is 8.15. The van der Waals surface area contributed by atoms with Crippen LogP contribution < -0.4 is 0 Å². The van der Waals surface area contributed by atoms with Crippen LogP contribution in [-0.4, -0.2) is 19.6 Å². The summed E-state index contributed by atoms with van der Waals surface area (Å²) in [6.07, 6.45) is 2.83. The first kappa shape index (κ1) is 11.0. The summed E-state index contributed by atoms with van der Waals surface area (Å²) in [6, 6.07) is 8.41. The molecule has 0 amide bonds. The van der Waals surface area contributed by atoms with Crippen molar-refractivity contribution >= 4 is 27.6 Å². The first-order chi connectivity index (χ1) is 7.68. The molecule has 0 unspecified atom stereocenters. The summed E-state index contributed by atoms with van der Waals surface area (Å²) in [5, 5.41) is 1.70. The normalized spacial score (nSPS) is 12.0. The first-order valence-corrected chi connectivity index (χ1v) is 6.75. The minimum Gasteiger partial charge on any atom is -0.255 e. The summed E-state index contributed by atoms with van der Waals surface area (Å²) in [6.45, 7) is 0. The Morgan fingerprint density at radius 3 is 2.75 bits per heavy atom. The highest BCUT2D eigenvalue weighted by Gasteiger charge is 2.11. The van der Waals surface area contributed by atoms with E-state index < -0.39 is 10.0 Å². The van der Waals surface area contributed by atoms with Crippen molar-refractivity contribution in [2.45, 2.75) is 4.21 Å². The third-order valence-corrected chi connectivity index (χ3v) is 4.37. The predicted octanol–water partition coefficient (Wildman–Crippen LogP) is 1.95. The molecule has 2 heterocycles. The SMILES string of the molecule is O=S(=O)(/N=C\c1ccccn1)c1cccs1. The van der Waals surface area contributed by atoms with Crippen molar-refractivity contribution in [2.75, 3.05) is 0 Å². The molecule has 0 N–H and O–H groups in total. The molecule has 0 aromatic carbocycles. The Balaban J connectivity index is 2.26. The smallest absolute Gasteiger partial charge is 0.255 e. The van der Waals surface area contributed by atoms with Crippen LogP contribution in [0.5, 0.6) is 0 Å². The molecule has 6 heteroatoms. The fraction of sp³-hybridized carbons (Fsp3) is 0. The van der Waals surface area contributed by atoms with Gasteiger partial charge in [0, 0.05) is 6.20 Å². The fourth-order valence-electron chi connectivity index (χ4n) is 1.04. The van der Waals surface area contributed by atoms with Crippen LogP contribution in [-0.2, 0) is 10.0 Å². The van der Waals surface area contributed by atoms with Crippen molar-refractivity contribution in [1.29, 1.82) is 0 Å². The Morgan fingerprint density at radius 2 is 2.12 bits per heavy atom. The second-order valence-electron chi connectivity index (χ2n) is 2.90. The van der Waals surface area contributed by atoms with Gasteiger partial charge < -0.3 is 0 Å². The summed E-state index contributed by atoms with van der Waals surface area (Å²) >= 11 is 1.14. The van der Waals surface area contributed by atoms with Gasteiger partial charge in [0.05, 0.1) is 11.9 Å². The molecule has 4 nitrogen and oxygen atoms in total. The molecular weight excluding hydrogens is 244 g/mol. The van der Waals surface area contributed by atoms with Gasteiger partial charge in [0.25, 0.3) is 10.0 Å². The molecule has 0 saturated heterocycles.